The first-order chi connectivity index (χ1) is 10.7. The minimum absolute atomic E-state index is 0.564. The Morgan fingerprint density at radius 2 is 1.68 bits per heavy atom. The van der Waals surface area contributed by atoms with Crippen molar-refractivity contribution in [2.24, 2.45) is 7.05 Å². The minimum Gasteiger partial charge on any atom is -0.488 e. The Morgan fingerprint density at radius 1 is 0.955 bits per heavy atom. The second-order valence-electron chi connectivity index (χ2n) is 5.14. The van der Waals surface area contributed by atoms with E-state index in [0.717, 1.165) is 27.6 Å². The molecule has 0 fully saturated rings. The molecule has 3 aromatic rings. The number of hydrogen-bond donors (Lipinski definition) is 0. The van der Waals surface area contributed by atoms with Gasteiger partial charge in [-0.1, -0.05) is 41.9 Å². The minimum atomic E-state index is 0.564. The van der Waals surface area contributed by atoms with Gasteiger partial charge in [-0.15, -0.1) is 0 Å². The quantitative estimate of drug-likeness (QED) is 0.651. The van der Waals surface area contributed by atoms with Gasteiger partial charge in [-0.25, -0.2) is 4.57 Å². The van der Waals surface area contributed by atoms with Crippen molar-refractivity contribution in [1.82, 2.24) is 0 Å². The maximum Gasteiger partial charge on any atom is 0.215 e. The molecule has 0 atom stereocenters. The van der Waals surface area contributed by atoms with Crippen molar-refractivity contribution in [2.75, 3.05) is 0 Å². The maximum absolute atomic E-state index is 5.96. The fourth-order valence-corrected chi connectivity index (χ4v) is 2.41. The summed E-state index contributed by atoms with van der Waals surface area (Å²) in [4.78, 5) is 0. The lowest BCUT2D eigenvalue weighted by molar-refractivity contribution is -0.660. The third-order valence-electron chi connectivity index (χ3n) is 3.51. The zero-order valence-corrected chi connectivity index (χ0v) is 13.1. The molecular weight excluding hydrogens is 294 g/mol. The molecule has 3 rings (SSSR count). The molecule has 0 amide bonds. The number of rotatable bonds is 4. The van der Waals surface area contributed by atoms with Gasteiger partial charge in [-0.05, 0) is 29.8 Å². The van der Waals surface area contributed by atoms with E-state index < -0.39 is 0 Å². The molecule has 2 aromatic carbocycles. The summed E-state index contributed by atoms with van der Waals surface area (Å²) in [5, 5.41) is 0.739. The molecule has 2 nitrogen and oxygen atoms in total. The van der Waals surface area contributed by atoms with Crippen LogP contribution < -0.4 is 9.30 Å². The summed E-state index contributed by atoms with van der Waals surface area (Å²) in [7, 11) is 2.02. The third-order valence-corrected chi connectivity index (χ3v) is 3.76. The van der Waals surface area contributed by atoms with Crippen molar-refractivity contribution in [3.8, 4) is 17.0 Å². The molecule has 0 unspecified atom stereocenters. The van der Waals surface area contributed by atoms with E-state index in [-0.39, 0.29) is 0 Å². The third kappa shape index (κ3) is 3.46. The second-order valence-corrected chi connectivity index (χ2v) is 5.58. The van der Waals surface area contributed by atoms with Gasteiger partial charge in [0, 0.05) is 16.7 Å². The summed E-state index contributed by atoms with van der Waals surface area (Å²) in [6.45, 7) is 0.564. The first kappa shape index (κ1) is 14.6. The number of ether oxygens (including phenoxy) is 1. The Labute approximate surface area is 135 Å². The lowest BCUT2D eigenvalue weighted by Crippen LogP contribution is -2.30. The summed E-state index contributed by atoms with van der Waals surface area (Å²) in [6.07, 6.45) is 2.00. The van der Waals surface area contributed by atoms with E-state index in [2.05, 4.69) is 16.7 Å². The summed E-state index contributed by atoms with van der Waals surface area (Å²) in [5.74, 6) is 0.854. The molecule has 22 heavy (non-hydrogen) atoms. The molecule has 1 heterocycles. The van der Waals surface area contributed by atoms with E-state index >= 15 is 0 Å². The Bertz CT molecular complexity index is 754. The van der Waals surface area contributed by atoms with Crippen molar-refractivity contribution >= 4 is 11.6 Å². The van der Waals surface area contributed by atoms with E-state index in [1.807, 2.05) is 67.8 Å². The molecule has 110 valence electrons. The number of aromatic nitrogens is 1. The normalized spacial score (nSPS) is 10.5. The molecule has 1 aromatic heterocycles. The van der Waals surface area contributed by atoms with Crippen LogP contribution in [-0.2, 0) is 13.7 Å². The predicted molar refractivity (Wildman–Crippen MR) is 88.8 cm³/mol. The fourth-order valence-electron chi connectivity index (χ4n) is 2.29. The number of aryl methyl sites for hydroxylation is 1. The second kappa shape index (κ2) is 6.63. The molecule has 0 bridgehead atoms. The van der Waals surface area contributed by atoms with Crippen LogP contribution in [0, 0.1) is 0 Å². The number of hydrogen-bond acceptors (Lipinski definition) is 1. The summed E-state index contributed by atoms with van der Waals surface area (Å²) >= 11 is 5.96. The van der Waals surface area contributed by atoms with Gasteiger partial charge in [0.05, 0.1) is 6.07 Å². The van der Waals surface area contributed by atoms with E-state index in [1.54, 1.807) is 0 Å². The lowest BCUT2D eigenvalue weighted by Gasteiger charge is -2.07. The van der Waals surface area contributed by atoms with Crippen LogP contribution in [0.2, 0.25) is 5.02 Å². The van der Waals surface area contributed by atoms with E-state index in [1.165, 1.54) is 0 Å². The van der Waals surface area contributed by atoms with Crippen molar-refractivity contribution in [3.05, 3.63) is 83.5 Å². The Hall–Kier alpha value is -2.32. The lowest BCUT2D eigenvalue weighted by atomic mass is 10.1. The number of halogens is 1. The van der Waals surface area contributed by atoms with Crippen molar-refractivity contribution < 1.29 is 9.30 Å². The van der Waals surface area contributed by atoms with Crippen molar-refractivity contribution in [3.63, 3.8) is 0 Å². The monoisotopic (exact) mass is 310 g/mol. The molecule has 0 aliphatic rings. The molecule has 0 N–H and O–H groups in total. The zero-order chi connectivity index (χ0) is 15.4. The van der Waals surface area contributed by atoms with E-state index in [9.17, 15) is 0 Å². The number of pyridine rings is 1. The van der Waals surface area contributed by atoms with Gasteiger partial charge in [0.1, 0.15) is 19.4 Å². The molecule has 0 saturated heterocycles. The van der Waals surface area contributed by atoms with Crippen molar-refractivity contribution in [1.29, 1.82) is 0 Å². The van der Waals surface area contributed by atoms with Gasteiger partial charge < -0.3 is 4.74 Å². The number of benzene rings is 2. The van der Waals surface area contributed by atoms with Gasteiger partial charge in [-0.3, -0.25) is 0 Å². The average molecular weight is 311 g/mol. The zero-order valence-electron chi connectivity index (χ0n) is 12.4. The molecule has 3 heteroatoms. The van der Waals surface area contributed by atoms with Crippen LogP contribution in [0.1, 0.15) is 5.56 Å². The van der Waals surface area contributed by atoms with Gasteiger partial charge in [0.2, 0.25) is 5.69 Å². The SMILES string of the molecule is C[n+]1ccc(OCc2ccccc2)cc1-c1ccc(Cl)cc1. The first-order valence-electron chi connectivity index (χ1n) is 7.15. The highest BCUT2D eigenvalue weighted by Crippen LogP contribution is 2.22. The van der Waals surface area contributed by atoms with Crippen LogP contribution in [-0.4, -0.2) is 0 Å². The van der Waals surface area contributed by atoms with Gasteiger partial charge in [0.15, 0.2) is 6.20 Å². The van der Waals surface area contributed by atoms with Crippen LogP contribution in [0.3, 0.4) is 0 Å². The topological polar surface area (TPSA) is 13.1 Å². The largest absolute Gasteiger partial charge is 0.488 e. The van der Waals surface area contributed by atoms with Crippen LogP contribution in [0.25, 0.3) is 11.3 Å². The Kier molecular flexibility index (Phi) is 4.40. The molecule has 0 aliphatic heterocycles. The molecular formula is C19H17ClNO+. The van der Waals surface area contributed by atoms with Crippen LogP contribution in [0.4, 0.5) is 0 Å². The van der Waals surface area contributed by atoms with Crippen LogP contribution in [0.5, 0.6) is 5.75 Å². The summed E-state index contributed by atoms with van der Waals surface area (Å²) in [6, 6.07) is 22.0. The predicted octanol–water partition coefficient (Wildman–Crippen LogP) is 4.41. The highest BCUT2D eigenvalue weighted by Gasteiger charge is 2.11. The standard InChI is InChI=1S/C19H17ClNO/c1-21-12-11-18(22-14-15-5-3-2-4-6-15)13-19(21)16-7-9-17(20)10-8-16/h2-13H,14H2,1H3/q+1. The number of nitrogens with zero attached hydrogens (tertiary/aromatic N) is 1. The fraction of sp³-hybridized carbons (Fsp3) is 0.105. The Balaban J connectivity index is 1.82. The van der Waals surface area contributed by atoms with E-state index in [4.69, 9.17) is 16.3 Å². The molecule has 0 saturated carbocycles. The highest BCUT2D eigenvalue weighted by atomic mass is 35.5. The average Bonchev–Trinajstić information content (AvgIpc) is 2.56. The van der Waals surface area contributed by atoms with Gasteiger partial charge >= 0.3 is 0 Å². The molecule has 0 aliphatic carbocycles. The smallest absolute Gasteiger partial charge is 0.215 e. The van der Waals surface area contributed by atoms with Gasteiger partial charge in [0.25, 0.3) is 0 Å². The Morgan fingerprint density at radius 3 is 2.41 bits per heavy atom. The van der Waals surface area contributed by atoms with Gasteiger partial charge in [-0.2, -0.15) is 0 Å². The molecule has 0 radical (unpaired) electrons. The maximum atomic E-state index is 5.96. The first-order valence-corrected chi connectivity index (χ1v) is 7.52. The van der Waals surface area contributed by atoms with E-state index in [0.29, 0.717) is 6.61 Å². The van der Waals surface area contributed by atoms with Crippen LogP contribution in [0.15, 0.2) is 72.9 Å². The summed E-state index contributed by atoms with van der Waals surface area (Å²) < 4.78 is 7.96. The highest BCUT2D eigenvalue weighted by molar-refractivity contribution is 6.30. The van der Waals surface area contributed by atoms with Crippen molar-refractivity contribution in [2.45, 2.75) is 6.61 Å². The summed E-state index contributed by atoms with van der Waals surface area (Å²) in [5.41, 5.74) is 3.35. The molecule has 0 spiro atoms. The van der Waals surface area contributed by atoms with Crippen LogP contribution >= 0.6 is 11.6 Å².